The molecule has 2 saturated heterocycles. The first kappa shape index (κ1) is 10.6. The molecule has 0 aliphatic carbocycles. The molecule has 2 aliphatic heterocycles. The van der Waals surface area contributed by atoms with Crippen LogP contribution in [-0.4, -0.2) is 24.0 Å². The molecule has 2 unspecified atom stereocenters. The van der Waals surface area contributed by atoms with Gasteiger partial charge in [0.2, 0.25) is 0 Å². The molecule has 3 atom stereocenters. The number of piperidine rings is 1. The summed E-state index contributed by atoms with van der Waals surface area (Å²) in [6, 6.07) is 10.1. The maximum atomic E-state index is 5.94. The summed E-state index contributed by atoms with van der Waals surface area (Å²) < 4.78 is 0. The topological polar surface area (TPSA) is 3.24 Å². The van der Waals surface area contributed by atoms with E-state index < -0.39 is 0 Å². The zero-order valence-corrected chi connectivity index (χ0v) is 10.5. The molecule has 86 valence electrons. The van der Waals surface area contributed by atoms with Crippen molar-refractivity contribution in [3.05, 3.63) is 34.9 Å². The number of hydrogen-bond donors (Lipinski definition) is 0. The van der Waals surface area contributed by atoms with Crippen LogP contribution in [0.4, 0.5) is 0 Å². The molecule has 3 rings (SSSR count). The van der Waals surface area contributed by atoms with Gasteiger partial charge in [0.05, 0.1) is 0 Å². The van der Waals surface area contributed by atoms with E-state index in [2.05, 4.69) is 24.1 Å². The number of rotatable bonds is 1. The third-order valence-electron chi connectivity index (χ3n) is 4.44. The molecule has 0 radical (unpaired) electrons. The fourth-order valence-electron chi connectivity index (χ4n) is 3.42. The molecular weight excluding hydrogens is 218 g/mol. The van der Waals surface area contributed by atoms with Gasteiger partial charge in [0.25, 0.3) is 0 Å². The molecule has 2 aliphatic rings. The van der Waals surface area contributed by atoms with Gasteiger partial charge in [0, 0.05) is 17.1 Å². The predicted octanol–water partition coefficient (Wildman–Crippen LogP) is 3.68. The smallest absolute Gasteiger partial charge is 0.0406 e. The molecular formula is C14H18ClN. The first-order valence-electron chi connectivity index (χ1n) is 6.21. The highest BCUT2D eigenvalue weighted by Crippen LogP contribution is 2.42. The number of benzene rings is 1. The van der Waals surface area contributed by atoms with E-state index in [1.807, 2.05) is 12.1 Å². The Balaban J connectivity index is 1.80. The fourth-order valence-corrected chi connectivity index (χ4v) is 3.54. The van der Waals surface area contributed by atoms with Crippen molar-refractivity contribution < 1.29 is 0 Å². The van der Waals surface area contributed by atoms with Crippen LogP contribution in [0, 0.1) is 0 Å². The zero-order valence-electron chi connectivity index (χ0n) is 9.70. The highest BCUT2D eigenvalue weighted by Gasteiger charge is 2.38. The minimum Gasteiger partial charge on any atom is -0.300 e. The van der Waals surface area contributed by atoms with Crippen molar-refractivity contribution in [2.24, 2.45) is 0 Å². The molecule has 2 heterocycles. The van der Waals surface area contributed by atoms with Crippen molar-refractivity contribution in [3.63, 3.8) is 0 Å². The largest absolute Gasteiger partial charge is 0.300 e. The zero-order chi connectivity index (χ0) is 11.1. The number of halogens is 1. The summed E-state index contributed by atoms with van der Waals surface area (Å²) in [6.45, 7) is 0. The summed E-state index contributed by atoms with van der Waals surface area (Å²) in [4.78, 5) is 2.59. The first-order valence-corrected chi connectivity index (χ1v) is 6.59. The van der Waals surface area contributed by atoms with E-state index in [1.54, 1.807) is 0 Å². The Morgan fingerprint density at radius 2 is 1.62 bits per heavy atom. The van der Waals surface area contributed by atoms with Crippen molar-refractivity contribution in [1.29, 1.82) is 0 Å². The van der Waals surface area contributed by atoms with Crippen LogP contribution in [0.1, 0.15) is 37.2 Å². The van der Waals surface area contributed by atoms with Crippen LogP contribution in [0.2, 0.25) is 5.02 Å². The van der Waals surface area contributed by atoms with Crippen LogP contribution in [0.5, 0.6) is 0 Å². The van der Waals surface area contributed by atoms with Gasteiger partial charge in [-0.3, -0.25) is 0 Å². The van der Waals surface area contributed by atoms with Gasteiger partial charge in [-0.15, -0.1) is 0 Å². The van der Waals surface area contributed by atoms with E-state index >= 15 is 0 Å². The average molecular weight is 236 g/mol. The lowest BCUT2D eigenvalue weighted by Crippen LogP contribution is -2.39. The molecule has 2 bridgehead atoms. The molecule has 2 fully saturated rings. The third kappa shape index (κ3) is 1.76. The maximum Gasteiger partial charge on any atom is 0.0406 e. The molecule has 1 nitrogen and oxygen atoms in total. The average Bonchev–Trinajstić information content (AvgIpc) is 2.54. The Hall–Kier alpha value is -0.530. The second-order valence-electron chi connectivity index (χ2n) is 5.27. The number of hydrogen-bond acceptors (Lipinski definition) is 1. The summed E-state index contributed by atoms with van der Waals surface area (Å²) in [7, 11) is 2.29. The summed E-state index contributed by atoms with van der Waals surface area (Å²) >= 11 is 5.94. The van der Waals surface area contributed by atoms with E-state index in [0.29, 0.717) is 0 Å². The third-order valence-corrected chi connectivity index (χ3v) is 4.69. The Labute approximate surface area is 102 Å². The second kappa shape index (κ2) is 4.05. The van der Waals surface area contributed by atoms with Gasteiger partial charge in [-0.25, -0.2) is 0 Å². The highest BCUT2D eigenvalue weighted by atomic mass is 35.5. The Morgan fingerprint density at radius 1 is 1.06 bits per heavy atom. The lowest BCUT2D eigenvalue weighted by atomic mass is 9.85. The van der Waals surface area contributed by atoms with Crippen molar-refractivity contribution in [3.8, 4) is 0 Å². The molecule has 2 heteroatoms. The maximum absolute atomic E-state index is 5.94. The Morgan fingerprint density at radius 3 is 2.19 bits per heavy atom. The lowest BCUT2D eigenvalue weighted by Gasteiger charge is -2.36. The summed E-state index contributed by atoms with van der Waals surface area (Å²) in [5.41, 5.74) is 1.48. The molecule has 0 aromatic heterocycles. The van der Waals surface area contributed by atoms with Gasteiger partial charge in [0.15, 0.2) is 0 Å². The predicted molar refractivity (Wildman–Crippen MR) is 68.0 cm³/mol. The number of fused-ring (bicyclic) bond motifs is 2. The van der Waals surface area contributed by atoms with E-state index in [-0.39, 0.29) is 0 Å². The van der Waals surface area contributed by atoms with Crippen molar-refractivity contribution >= 4 is 11.6 Å². The molecule has 0 N–H and O–H groups in total. The van der Waals surface area contributed by atoms with Gasteiger partial charge < -0.3 is 4.90 Å². The Kier molecular flexibility index (Phi) is 2.68. The quantitative estimate of drug-likeness (QED) is 0.718. The van der Waals surface area contributed by atoms with E-state index in [4.69, 9.17) is 11.6 Å². The molecule has 0 saturated carbocycles. The molecule has 0 spiro atoms. The first-order chi connectivity index (χ1) is 7.74. The second-order valence-corrected chi connectivity index (χ2v) is 5.71. The molecule has 16 heavy (non-hydrogen) atoms. The fraction of sp³-hybridized carbons (Fsp3) is 0.571. The van der Waals surface area contributed by atoms with Crippen LogP contribution < -0.4 is 0 Å². The molecule has 1 aromatic rings. The van der Waals surface area contributed by atoms with Crippen LogP contribution >= 0.6 is 11.6 Å². The standard InChI is InChI=1S/C14H18ClN/c1-16-13-6-7-14(16)9-11(8-13)10-2-4-12(15)5-3-10/h2-5,11,13-14H,6-9H2,1H3/t11?,13-,14?/m1/s1. The van der Waals surface area contributed by atoms with E-state index in [0.717, 1.165) is 23.0 Å². The van der Waals surface area contributed by atoms with Crippen LogP contribution in [0.3, 0.4) is 0 Å². The molecule has 1 aromatic carbocycles. The van der Waals surface area contributed by atoms with Gasteiger partial charge in [-0.1, -0.05) is 23.7 Å². The van der Waals surface area contributed by atoms with Gasteiger partial charge >= 0.3 is 0 Å². The summed E-state index contributed by atoms with van der Waals surface area (Å²) in [6.07, 6.45) is 5.44. The van der Waals surface area contributed by atoms with Gasteiger partial charge in [-0.05, 0) is 56.3 Å². The van der Waals surface area contributed by atoms with Crippen molar-refractivity contribution in [2.75, 3.05) is 7.05 Å². The van der Waals surface area contributed by atoms with Gasteiger partial charge in [0.1, 0.15) is 0 Å². The van der Waals surface area contributed by atoms with Crippen LogP contribution in [-0.2, 0) is 0 Å². The summed E-state index contributed by atoms with van der Waals surface area (Å²) in [5, 5.41) is 0.847. The highest BCUT2D eigenvalue weighted by molar-refractivity contribution is 6.30. The monoisotopic (exact) mass is 235 g/mol. The number of nitrogens with zero attached hydrogens (tertiary/aromatic N) is 1. The molecule has 0 amide bonds. The van der Waals surface area contributed by atoms with Gasteiger partial charge in [-0.2, -0.15) is 0 Å². The van der Waals surface area contributed by atoms with Crippen LogP contribution in [0.15, 0.2) is 24.3 Å². The van der Waals surface area contributed by atoms with E-state index in [1.165, 1.54) is 31.2 Å². The van der Waals surface area contributed by atoms with Crippen molar-refractivity contribution in [2.45, 2.75) is 43.7 Å². The summed E-state index contributed by atoms with van der Waals surface area (Å²) in [5.74, 6) is 0.756. The normalized spacial score (nSPS) is 34.2. The lowest BCUT2D eigenvalue weighted by molar-refractivity contribution is 0.161. The minimum atomic E-state index is 0.756. The van der Waals surface area contributed by atoms with E-state index in [9.17, 15) is 0 Å². The minimum absolute atomic E-state index is 0.756. The van der Waals surface area contributed by atoms with Crippen molar-refractivity contribution in [1.82, 2.24) is 4.90 Å². The Bertz CT molecular complexity index is 359. The van der Waals surface area contributed by atoms with Crippen LogP contribution in [0.25, 0.3) is 0 Å². The SMILES string of the molecule is CN1C2CC[C@@H]1CC(c1ccc(Cl)cc1)C2.